The summed E-state index contributed by atoms with van der Waals surface area (Å²) >= 11 is 0. The number of halogens is 2. The maximum atomic E-state index is 13.8. The van der Waals surface area contributed by atoms with Crippen LogP contribution in [0.5, 0.6) is 5.75 Å². The predicted molar refractivity (Wildman–Crippen MR) is 140 cm³/mol. The van der Waals surface area contributed by atoms with Gasteiger partial charge in [-0.3, -0.25) is 0 Å². The van der Waals surface area contributed by atoms with E-state index in [4.69, 9.17) is 4.74 Å². The molecule has 0 radical (unpaired) electrons. The van der Waals surface area contributed by atoms with Gasteiger partial charge >= 0.3 is 6.03 Å². The Bertz CT molecular complexity index is 1190. The molecule has 4 rings (SSSR count). The Morgan fingerprint density at radius 1 is 1.05 bits per heavy atom. The van der Waals surface area contributed by atoms with E-state index >= 15 is 0 Å². The molecule has 0 aliphatic carbocycles. The summed E-state index contributed by atoms with van der Waals surface area (Å²) in [6, 6.07) is 16.9. The Labute approximate surface area is 216 Å². The molecule has 0 saturated carbocycles. The van der Waals surface area contributed by atoms with Crippen molar-refractivity contribution < 1.29 is 23.4 Å². The van der Waals surface area contributed by atoms with Crippen molar-refractivity contribution in [1.82, 2.24) is 10.6 Å². The predicted octanol–water partition coefficient (Wildman–Crippen LogP) is 5.30. The van der Waals surface area contributed by atoms with Crippen LogP contribution in [-0.2, 0) is 6.42 Å². The van der Waals surface area contributed by atoms with Crippen molar-refractivity contribution in [3.05, 3.63) is 95.1 Å². The molecule has 3 aromatic rings. The van der Waals surface area contributed by atoms with Crippen LogP contribution in [0, 0.1) is 11.6 Å². The van der Waals surface area contributed by atoms with Crippen molar-refractivity contribution in [2.45, 2.75) is 50.8 Å². The van der Waals surface area contributed by atoms with E-state index in [2.05, 4.69) is 41.9 Å². The number of carbonyl (C=O) groups excluding carboxylic acids is 1. The van der Waals surface area contributed by atoms with Crippen molar-refractivity contribution in [2.75, 3.05) is 18.5 Å². The number of hydrogen-bond donors (Lipinski definition) is 4. The van der Waals surface area contributed by atoms with Gasteiger partial charge in [0, 0.05) is 36.3 Å². The molecule has 0 aromatic heterocycles. The SMILES string of the molecule is CC(C)c1ccc2c(c1)C(NC[C@H](O)[C@H](Cc1cc(F)cc(F)c1)NC(=O)Nc1ccccc1)CCO2. The highest BCUT2D eigenvalue weighted by Gasteiger charge is 2.26. The number of aliphatic hydroxyl groups is 1. The first-order valence-electron chi connectivity index (χ1n) is 12.5. The number of amides is 2. The number of urea groups is 1. The van der Waals surface area contributed by atoms with Crippen LogP contribution in [-0.4, -0.2) is 36.4 Å². The summed E-state index contributed by atoms with van der Waals surface area (Å²) in [6.45, 7) is 4.96. The normalized spacial score (nSPS) is 16.4. The first-order valence-corrected chi connectivity index (χ1v) is 12.5. The number of para-hydroxylation sites is 1. The van der Waals surface area contributed by atoms with Gasteiger partial charge in [-0.1, -0.05) is 44.2 Å². The summed E-state index contributed by atoms with van der Waals surface area (Å²) in [5.74, 6) is -0.249. The van der Waals surface area contributed by atoms with Crippen molar-refractivity contribution in [3.63, 3.8) is 0 Å². The van der Waals surface area contributed by atoms with Crippen LogP contribution in [0.25, 0.3) is 0 Å². The molecule has 196 valence electrons. The van der Waals surface area contributed by atoms with Gasteiger partial charge in [-0.2, -0.15) is 0 Å². The minimum Gasteiger partial charge on any atom is -0.493 e. The average molecular weight is 510 g/mol. The molecule has 0 fully saturated rings. The maximum Gasteiger partial charge on any atom is 0.319 e. The number of rotatable bonds is 9. The van der Waals surface area contributed by atoms with Gasteiger partial charge in [0.25, 0.3) is 0 Å². The molecule has 0 bridgehead atoms. The van der Waals surface area contributed by atoms with E-state index in [0.29, 0.717) is 23.8 Å². The van der Waals surface area contributed by atoms with Gasteiger partial charge in [-0.15, -0.1) is 0 Å². The second-order valence-corrected chi connectivity index (χ2v) is 9.67. The zero-order valence-corrected chi connectivity index (χ0v) is 21.0. The van der Waals surface area contributed by atoms with Gasteiger partial charge in [0.2, 0.25) is 0 Å². The highest BCUT2D eigenvalue weighted by molar-refractivity contribution is 5.89. The van der Waals surface area contributed by atoms with E-state index in [9.17, 15) is 18.7 Å². The van der Waals surface area contributed by atoms with E-state index in [1.54, 1.807) is 24.3 Å². The van der Waals surface area contributed by atoms with Gasteiger partial charge in [-0.25, -0.2) is 13.6 Å². The standard InChI is InChI=1S/C29H33F2N3O3/c1-18(2)20-8-9-28-24(15-20)25(10-11-37-28)32-17-27(35)26(14-19-12-21(30)16-22(31)13-19)34-29(36)33-23-6-4-3-5-7-23/h3-9,12-13,15-16,18,25-27,32,35H,10-11,14,17H2,1-2H3,(H2,33,34,36)/t25?,26-,27-/m0/s1. The van der Waals surface area contributed by atoms with E-state index in [1.165, 1.54) is 17.7 Å². The molecule has 3 aromatic carbocycles. The third-order valence-corrected chi connectivity index (χ3v) is 6.50. The number of fused-ring (bicyclic) bond motifs is 1. The van der Waals surface area contributed by atoms with E-state index < -0.39 is 29.8 Å². The molecule has 0 spiro atoms. The van der Waals surface area contributed by atoms with Gasteiger partial charge < -0.3 is 25.8 Å². The molecule has 6 nitrogen and oxygen atoms in total. The van der Waals surface area contributed by atoms with Crippen LogP contribution in [0.1, 0.15) is 48.9 Å². The van der Waals surface area contributed by atoms with E-state index in [0.717, 1.165) is 23.8 Å². The Hall–Kier alpha value is -3.49. The van der Waals surface area contributed by atoms with Gasteiger partial charge in [0.05, 0.1) is 18.8 Å². The molecule has 1 aliphatic rings. The smallest absolute Gasteiger partial charge is 0.319 e. The maximum absolute atomic E-state index is 13.8. The quantitative estimate of drug-likeness (QED) is 0.316. The van der Waals surface area contributed by atoms with Crippen LogP contribution in [0.4, 0.5) is 19.3 Å². The van der Waals surface area contributed by atoms with Gasteiger partial charge in [-0.05, 0) is 53.8 Å². The largest absolute Gasteiger partial charge is 0.493 e. The minimum atomic E-state index is -1.03. The highest BCUT2D eigenvalue weighted by Crippen LogP contribution is 2.34. The molecule has 0 saturated heterocycles. The van der Waals surface area contributed by atoms with Gasteiger partial charge in [0.1, 0.15) is 17.4 Å². The summed E-state index contributed by atoms with van der Waals surface area (Å²) in [6.07, 6.45) is -0.266. The Morgan fingerprint density at radius 2 is 1.78 bits per heavy atom. The van der Waals surface area contributed by atoms with Crippen LogP contribution in [0.2, 0.25) is 0 Å². The van der Waals surface area contributed by atoms with Crippen LogP contribution < -0.4 is 20.7 Å². The first kappa shape index (κ1) is 26.6. The lowest BCUT2D eigenvalue weighted by molar-refractivity contribution is 0.121. The zero-order chi connectivity index (χ0) is 26.4. The highest BCUT2D eigenvalue weighted by atomic mass is 19.1. The lowest BCUT2D eigenvalue weighted by atomic mass is 9.94. The molecule has 37 heavy (non-hydrogen) atoms. The monoisotopic (exact) mass is 509 g/mol. The molecule has 1 heterocycles. The summed E-state index contributed by atoms with van der Waals surface area (Å²) < 4.78 is 33.5. The summed E-state index contributed by atoms with van der Waals surface area (Å²) in [7, 11) is 0. The second kappa shape index (κ2) is 12.2. The number of benzene rings is 3. The second-order valence-electron chi connectivity index (χ2n) is 9.67. The molecule has 8 heteroatoms. The number of hydrogen-bond acceptors (Lipinski definition) is 4. The Kier molecular flexibility index (Phi) is 8.74. The number of anilines is 1. The van der Waals surface area contributed by atoms with Gasteiger partial charge in [0.15, 0.2) is 0 Å². The molecule has 4 N–H and O–H groups in total. The van der Waals surface area contributed by atoms with E-state index in [1.807, 2.05) is 12.1 Å². The summed E-state index contributed by atoms with van der Waals surface area (Å²) in [5, 5.41) is 20.0. The Morgan fingerprint density at radius 3 is 2.49 bits per heavy atom. The van der Waals surface area contributed by atoms with Crippen LogP contribution in [0.15, 0.2) is 66.7 Å². The van der Waals surface area contributed by atoms with Crippen molar-refractivity contribution in [1.29, 1.82) is 0 Å². The molecule has 2 amide bonds. The third kappa shape index (κ3) is 7.27. The topological polar surface area (TPSA) is 82.6 Å². The third-order valence-electron chi connectivity index (χ3n) is 6.50. The molecular weight excluding hydrogens is 476 g/mol. The van der Waals surface area contributed by atoms with Crippen LogP contribution in [0.3, 0.4) is 0 Å². The summed E-state index contributed by atoms with van der Waals surface area (Å²) in [4.78, 5) is 12.7. The Balaban J connectivity index is 1.48. The lowest BCUT2D eigenvalue weighted by Gasteiger charge is -2.30. The summed E-state index contributed by atoms with van der Waals surface area (Å²) in [5.41, 5.74) is 3.15. The fourth-order valence-electron chi connectivity index (χ4n) is 4.51. The fourth-order valence-corrected chi connectivity index (χ4v) is 4.51. The number of ether oxygens (including phenoxy) is 1. The number of carbonyl (C=O) groups is 1. The van der Waals surface area contributed by atoms with E-state index in [-0.39, 0.29) is 19.0 Å². The first-order chi connectivity index (χ1) is 17.8. The average Bonchev–Trinajstić information content (AvgIpc) is 2.86. The number of nitrogens with one attached hydrogen (secondary N) is 3. The minimum absolute atomic E-state index is 0.0393. The molecular formula is C29H33F2N3O3. The van der Waals surface area contributed by atoms with Crippen molar-refractivity contribution in [2.24, 2.45) is 0 Å². The van der Waals surface area contributed by atoms with Crippen molar-refractivity contribution >= 4 is 11.7 Å². The molecule has 1 unspecified atom stereocenters. The zero-order valence-electron chi connectivity index (χ0n) is 21.0. The van der Waals surface area contributed by atoms with Crippen LogP contribution >= 0.6 is 0 Å². The molecule has 1 aliphatic heterocycles. The lowest BCUT2D eigenvalue weighted by Crippen LogP contribution is -2.50. The number of aliphatic hydroxyl groups excluding tert-OH is 1. The molecule has 3 atom stereocenters. The van der Waals surface area contributed by atoms with Crippen molar-refractivity contribution in [3.8, 4) is 5.75 Å². The fraction of sp³-hybridized carbons (Fsp3) is 0.345.